The van der Waals surface area contributed by atoms with Gasteiger partial charge in [0.1, 0.15) is 0 Å². The molecule has 4 unspecified atom stereocenters. The predicted octanol–water partition coefficient (Wildman–Crippen LogP) is 3.49. The number of carbonyl (C=O) groups excluding carboxylic acids is 1. The maximum absolute atomic E-state index is 12.6. The zero-order chi connectivity index (χ0) is 15.5. The molecule has 3 nitrogen and oxygen atoms in total. The molecule has 3 heteroatoms. The number of rotatable bonds is 3. The number of carbonyl (C=O) groups is 1. The molecule has 0 aromatic heterocycles. The smallest absolute Gasteiger partial charge is 0.237 e. The van der Waals surface area contributed by atoms with Crippen molar-refractivity contribution in [1.82, 2.24) is 10.6 Å². The van der Waals surface area contributed by atoms with Crippen LogP contribution in [0, 0.1) is 17.3 Å². The van der Waals surface area contributed by atoms with E-state index in [1.165, 1.54) is 32.1 Å². The highest BCUT2D eigenvalue weighted by Crippen LogP contribution is 2.38. The van der Waals surface area contributed by atoms with Gasteiger partial charge < -0.3 is 10.6 Å². The molecule has 0 radical (unpaired) electrons. The van der Waals surface area contributed by atoms with E-state index < -0.39 is 0 Å². The Bertz CT molecular complexity index is 348. The van der Waals surface area contributed by atoms with Crippen LogP contribution in [0.5, 0.6) is 0 Å². The van der Waals surface area contributed by atoms with Gasteiger partial charge in [-0.1, -0.05) is 47.0 Å². The standard InChI is InChI=1S/C18H34N2O/c1-5-13-10-11-19-16(12-13)17(21)20-15-9-7-6-8-14(15)18(2,3)4/h13-16,19H,5-12H2,1-4H3,(H,20,21). The molecule has 0 bridgehead atoms. The van der Waals surface area contributed by atoms with E-state index in [1.54, 1.807) is 0 Å². The van der Waals surface area contributed by atoms with Crippen molar-refractivity contribution in [3.63, 3.8) is 0 Å². The van der Waals surface area contributed by atoms with E-state index in [9.17, 15) is 4.79 Å². The van der Waals surface area contributed by atoms with Crippen LogP contribution in [0.25, 0.3) is 0 Å². The average molecular weight is 294 g/mol. The van der Waals surface area contributed by atoms with E-state index in [1.807, 2.05) is 0 Å². The molecular weight excluding hydrogens is 260 g/mol. The third kappa shape index (κ3) is 4.45. The first-order valence-corrected chi connectivity index (χ1v) is 8.95. The Morgan fingerprint density at radius 2 is 1.90 bits per heavy atom. The van der Waals surface area contributed by atoms with Crippen LogP contribution in [0.4, 0.5) is 0 Å². The number of hydrogen-bond donors (Lipinski definition) is 2. The van der Waals surface area contributed by atoms with Gasteiger partial charge in [-0.15, -0.1) is 0 Å². The van der Waals surface area contributed by atoms with Gasteiger partial charge in [0, 0.05) is 6.04 Å². The molecule has 1 aliphatic carbocycles. The summed E-state index contributed by atoms with van der Waals surface area (Å²) in [7, 11) is 0. The average Bonchev–Trinajstić information content (AvgIpc) is 2.46. The van der Waals surface area contributed by atoms with Gasteiger partial charge >= 0.3 is 0 Å². The summed E-state index contributed by atoms with van der Waals surface area (Å²) in [5.41, 5.74) is 0.282. The number of piperidine rings is 1. The molecule has 0 aromatic carbocycles. The van der Waals surface area contributed by atoms with Gasteiger partial charge in [0.05, 0.1) is 6.04 Å². The maximum atomic E-state index is 12.6. The van der Waals surface area contributed by atoms with E-state index in [0.29, 0.717) is 17.9 Å². The Morgan fingerprint density at radius 1 is 1.19 bits per heavy atom. The van der Waals surface area contributed by atoms with Crippen molar-refractivity contribution in [2.24, 2.45) is 17.3 Å². The van der Waals surface area contributed by atoms with Crippen molar-refractivity contribution in [1.29, 1.82) is 0 Å². The van der Waals surface area contributed by atoms with E-state index in [2.05, 4.69) is 38.3 Å². The second-order valence-electron chi connectivity index (χ2n) is 8.18. The summed E-state index contributed by atoms with van der Waals surface area (Å²) in [6.45, 7) is 10.2. The minimum absolute atomic E-state index is 0.0336. The summed E-state index contributed by atoms with van der Waals surface area (Å²) in [5.74, 6) is 1.57. The Balaban J connectivity index is 1.94. The van der Waals surface area contributed by atoms with Crippen molar-refractivity contribution < 1.29 is 4.79 Å². The molecule has 1 saturated carbocycles. The summed E-state index contributed by atoms with van der Waals surface area (Å²) in [5, 5.41) is 6.80. The van der Waals surface area contributed by atoms with Crippen LogP contribution in [0.15, 0.2) is 0 Å². The van der Waals surface area contributed by atoms with Crippen LogP contribution in [0.1, 0.15) is 72.6 Å². The lowest BCUT2D eigenvalue weighted by Crippen LogP contribution is -2.54. The van der Waals surface area contributed by atoms with Crippen LogP contribution in [0.3, 0.4) is 0 Å². The van der Waals surface area contributed by atoms with Crippen molar-refractivity contribution in [3.8, 4) is 0 Å². The lowest BCUT2D eigenvalue weighted by Gasteiger charge is -2.41. The molecule has 0 aromatic rings. The van der Waals surface area contributed by atoms with Crippen molar-refractivity contribution in [3.05, 3.63) is 0 Å². The first-order valence-electron chi connectivity index (χ1n) is 8.95. The molecule has 1 saturated heterocycles. The van der Waals surface area contributed by atoms with Gasteiger partial charge in [0.2, 0.25) is 5.91 Å². The highest BCUT2D eigenvalue weighted by Gasteiger charge is 2.36. The number of hydrogen-bond acceptors (Lipinski definition) is 2. The second kappa shape index (κ2) is 7.13. The van der Waals surface area contributed by atoms with Crippen LogP contribution < -0.4 is 10.6 Å². The molecule has 0 spiro atoms. The summed E-state index contributed by atoms with van der Waals surface area (Å²) in [6, 6.07) is 0.404. The van der Waals surface area contributed by atoms with E-state index >= 15 is 0 Å². The maximum Gasteiger partial charge on any atom is 0.237 e. The molecule has 4 atom stereocenters. The Morgan fingerprint density at radius 3 is 2.57 bits per heavy atom. The van der Waals surface area contributed by atoms with Gasteiger partial charge in [-0.3, -0.25) is 4.79 Å². The van der Waals surface area contributed by atoms with Crippen molar-refractivity contribution in [2.75, 3.05) is 6.54 Å². The summed E-state index contributed by atoms with van der Waals surface area (Å²) in [6.07, 6.45) is 8.39. The monoisotopic (exact) mass is 294 g/mol. The number of amides is 1. The minimum atomic E-state index is 0.0336. The number of nitrogens with one attached hydrogen (secondary N) is 2. The van der Waals surface area contributed by atoms with Gasteiger partial charge in [0.25, 0.3) is 0 Å². The third-order valence-electron chi connectivity index (χ3n) is 5.61. The van der Waals surface area contributed by atoms with Crippen molar-refractivity contribution >= 4 is 5.91 Å². The van der Waals surface area contributed by atoms with Gasteiger partial charge in [-0.05, 0) is 49.5 Å². The molecule has 2 fully saturated rings. The first-order chi connectivity index (χ1) is 9.91. The molecule has 2 N–H and O–H groups in total. The SMILES string of the molecule is CCC1CCNC(C(=O)NC2CCCCC2C(C)(C)C)C1. The fraction of sp³-hybridized carbons (Fsp3) is 0.944. The Hall–Kier alpha value is -0.570. The Kier molecular flexibility index (Phi) is 5.70. The largest absolute Gasteiger partial charge is 0.352 e. The van der Waals surface area contributed by atoms with Crippen LogP contribution in [0.2, 0.25) is 0 Å². The molecular formula is C18H34N2O. The van der Waals surface area contributed by atoms with E-state index in [4.69, 9.17) is 0 Å². The van der Waals surface area contributed by atoms with Gasteiger partial charge in [-0.2, -0.15) is 0 Å². The quantitative estimate of drug-likeness (QED) is 0.836. The summed E-state index contributed by atoms with van der Waals surface area (Å²) < 4.78 is 0. The zero-order valence-electron chi connectivity index (χ0n) is 14.4. The normalized spacial score (nSPS) is 34.5. The highest BCUT2D eigenvalue weighted by molar-refractivity contribution is 5.82. The van der Waals surface area contributed by atoms with Gasteiger partial charge in [-0.25, -0.2) is 0 Å². The topological polar surface area (TPSA) is 41.1 Å². The lowest BCUT2D eigenvalue weighted by molar-refractivity contribution is -0.125. The molecule has 21 heavy (non-hydrogen) atoms. The minimum Gasteiger partial charge on any atom is -0.352 e. The van der Waals surface area contributed by atoms with Gasteiger partial charge in [0.15, 0.2) is 0 Å². The van der Waals surface area contributed by atoms with E-state index in [-0.39, 0.29) is 17.4 Å². The fourth-order valence-electron chi connectivity index (χ4n) is 4.19. The molecule has 2 rings (SSSR count). The van der Waals surface area contributed by atoms with Crippen molar-refractivity contribution in [2.45, 2.75) is 84.7 Å². The summed E-state index contributed by atoms with van der Waals surface area (Å²) >= 11 is 0. The summed E-state index contributed by atoms with van der Waals surface area (Å²) in [4.78, 5) is 12.6. The molecule has 122 valence electrons. The third-order valence-corrected chi connectivity index (χ3v) is 5.61. The van der Waals surface area contributed by atoms with E-state index in [0.717, 1.165) is 19.4 Å². The Labute approximate surface area is 130 Å². The zero-order valence-corrected chi connectivity index (χ0v) is 14.4. The first kappa shape index (κ1) is 16.8. The van der Waals surface area contributed by atoms with Crippen LogP contribution in [-0.2, 0) is 4.79 Å². The molecule has 1 amide bonds. The second-order valence-corrected chi connectivity index (χ2v) is 8.18. The fourth-order valence-corrected chi connectivity index (χ4v) is 4.19. The molecule has 1 heterocycles. The lowest BCUT2D eigenvalue weighted by atomic mass is 9.69. The van der Waals surface area contributed by atoms with Crippen LogP contribution in [-0.4, -0.2) is 24.5 Å². The highest BCUT2D eigenvalue weighted by atomic mass is 16.2. The molecule has 2 aliphatic rings. The van der Waals surface area contributed by atoms with Crippen LogP contribution >= 0.6 is 0 Å². The molecule has 1 aliphatic heterocycles. The predicted molar refractivity (Wildman–Crippen MR) is 88.1 cm³/mol.